The highest BCUT2D eigenvalue weighted by atomic mass is 32.2. The number of allylic oxidation sites excluding steroid dienone is 5. The van der Waals surface area contributed by atoms with E-state index in [0.29, 0.717) is 0 Å². The van der Waals surface area contributed by atoms with Gasteiger partial charge in [0, 0.05) is 17.0 Å². The first-order chi connectivity index (χ1) is 15.4. The van der Waals surface area contributed by atoms with Crippen molar-refractivity contribution < 1.29 is 9.50 Å². The van der Waals surface area contributed by atoms with E-state index in [0.717, 1.165) is 22.8 Å². The van der Waals surface area contributed by atoms with E-state index in [4.69, 9.17) is 0 Å². The first-order valence-corrected chi connectivity index (χ1v) is 11.6. The van der Waals surface area contributed by atoms with Crippen LogP contribution in [0.5, 0.6) is 5.75 Å². The van der Waals surface area contributed by atoms with Crippen LogP contribution >= 0.6 is 11.8 Å². The molecule has 1 aliphatic rings. The molecule has 2 aromatic rings. The lowest BCUT2D eigenvalue weighted by molar-refractivity contribution is 0.475. The van der Waals surface area contributed by atoms with Crippen LogP contribution in [0.25, 0.3) is 0 Å². The molecule has 0 saturated carbocycles. The molecule has 168 valence electrons. The number of phenolic OH excluding ortho intramolecular Hbond substituents is 1. The van der Waals surface area contributed by atoms with Crippen molar-refractivity contribution in [3.05, 3.63) is 95.4 Å². The van der Waals surface area contributed by atoms with Crippen molar-refractivity contribution in [3.63, 3.8) is 0 Å². The normalized spacial score (nSPS) is 18.1. The molecule has 0 amide bonds. The van der Waals surface area contributed by atoms with Gasteiger partial charge < -0.3 is 5.11 Å². The highest BCUT2D eigenvalue weighted by Crippen LogP contribution is 2.37. The lowest BCUT2D eigenvalue weighted by Gasteiger charge is -2.29. The van der Waals surface area contributed by atoms with Crippen molar-refractivity contribution in [2.24, 2.45) is 5.10 Å². The van der Waals surface area contributed by atoms with Gasteiger partial charge in [-0.2, -0.15) is 5.10 Å². The first kappa shape index (κ1) is 23.7. The number of nitrogens with one attached hydrogen (secondary N) is 1. The SMILES string of the molecule is C/C=C(C)\C=C/CC(SC1=NNC(c2cccc(F)c2)N1c1cccc(O)c1)/C(C)=C/C. The fraction of sp³-hybridized carbons (Fsp3) is 0.269. The fourth-order valence-corrected chi connectivity index (χ4v) is 4.55. The Morgan fingerprint density at radius 1 is 1.19 bits per heavy atom. The molecule has 2 aromatic carbocycles. The largest absolute Gasteiger partial charge is 0.508 e. The molecule has 2 atom stereocenters. The minimum atomic E-state index is -0.373. The number of hydrazone groups is 1. The third-order valence-corrected chi connectivity index (χ3v) is 6.76. The summed E-state index contributed by atoms with van der Waals surface area (Å²) in [4.78, 5) is 2.01. The molecule has 6 heteroatoms. The predicted molar refractivity (Wildman–Crippen MR) is 134 cm³/mol. The molecule has 0 fully saturated rings. The van der Waals surface area contributed by atoms with Gasteiger partial charge in [-0.1, -0.05) is 65.4 Å². The summed E-state index contributed by atoms with van der Waals surface area (Å²) in [6, 6.07) is 13.5. The molecule has 0 spiro atoms. The lowest BCUT2D eigenvalue weighted by atomic mass is 10.1. The van der Waals surface area contributed by atoms with E-state index in [1.807, 2.05) is 30.9 Å². The average Bonchev–Trinajstić information content (AvgIpc) is 3.21. The molecule has 0 radical (unpaired) electrons. The van der Waals surface area contributed by atoms with Gasteiger partial charge in [0.1, 0.15) is 17.7 Å². The summed E-state index contributed by atoms with van der Waals surface area (Å²) in [6.07, 6.45) is 9.00. The third-order valence-electron chi connectivity index (χ3n) is 5.42. The maximum Gasteiger partial charge on any atom is 0.190 e. The van der Waals surface area contributed by atoms with Gasteiger partial charge in [0.2, 0.25) is 0 Å². The van der Waals surface area contributed by atoms with E-state index < -0.39 is 0 Å². The second kappa shape index (κ2) is 11.0. The Kier molecular flexibility index (Phi) is 8.17. The summed E-state index contributed by atoms with van der Waals surface area (Å²) < 4.78 is 14.0. The van der Waals surface area contributed by atoms with Crippen LogP contribution in [0.1, 0.15) is 45.8 Å². The Labute approximate surface area is 194 Å². The Morgan fingerprint density at radius 2 is 1.97 bits per heavy atom. The standard InChI is InChI=1S/C26H30FN3OS/c1-5-18(3)10-7-15-24(19(4)6-2)32-26-29-28-25(20-11-8-12-21(27)16-20)30(26)22-13-9-14-23(31)17-22/h5-14,16-17,24-25,28,31H,15H2,1-4H3/b10-7-,18-5-,19-6+. The first-order valence-electron chi connectivity index (χ1n) is 10.7. The summed E-state index contributed by atoms with van der Waals surface area (Å²) >= 11 is 1.65. The van der Waals surface area contributed by atoms with Gasteiger partial charge in [-0.25, -0.2) is 4.39 Å². The number of halogens is 1. The van der Waals surface area contributed by atoms with Gasteiger partial charge >= 0.3 is 0 Å². The Morgan fingerprint density at radius 3 is 2.66 bits per heavy atom. The lowest BCUT2D eigenvalue weighted by Crippen LogP contribution is -2.33. The van der Waals surface area contributed by atoms with Gasteiger partial charge in [0.25, 0.3) is 0 Å². The number of anilines is 1. The van der Waals surface area contributed by atoms with Gasteiger partial charge in [0.15, 0.2) is 5.17 Å². The summed E-state index contributed by atoms with van der Waals surface area (Å²) in [7, 11) is 0. The number of hydrogen-bond acceptors (Lipinski definition) is 5. The maximum atomic E-state index is 14.0. The maximum absolute atomic E-state index is 14.0. The molecule has 0 saturated heterocycles. The van der Waals surface area contributed by atoms with E-state index >= 15 is 0 Å². The monoisotopic (exact) mass is 451 g/mol. The number of aromatic hydroxyl groups is 1. The number of rotatable bonds is 7. The number of phenols is 1. The second-order valence-electron chi connectivity index (χ2n) is 7.68. The zero-order chi connectivity index (χ0) is 23.1. The van der Waals surface area contributed by atoms with Crippen molar-refractivity contribution in [3.8, 4) is 5.75 Å². The summed E-state index contributed by atoms with van der Waals surface area (Å²) in [5.74, 6) is -0.129. The van der Waals surface area contributed by atoms with Gasteiger partial charge in [-0.15, -0.1) is 0 Å². The van der Waals surface area contributed by atoms with E-state index in [1.54, 1.807) is 36.0 Å². The molecular weight excluding hydrogens is 421 g/mol. The molecule has 0 aromatic heterocycles. The molecule has 0 aliphatic carbocycles. The van der Waals surface area contributed by atoms with E-state index in [2.05, 4.69) is 48.7 Å². The average molecular weight is 452 g/mol. The number of benzene rings is 2. The zero-order valence-corrected chi connectivity index (χ0v) is 19.7. The summed E-state index contributed by atoms with van der Waals surface area (Å²) in [6.45, 7) is 8.28. The van der Waals surface area contributed by atoms with Crippen molar-refractivity contribution in [1.29, 1.82) is 0 Å². The predicted octanol–water partition coefficient (Wildman–Crippen LogP) is 6.89. The van der Waals surface area contributed by atoms with Gasteiger partial charge in [-0.05, 0) is 63.9 Å². The van der Waals surface area contributed by atoms with Crippen LogP contribution in [-0.2, 0) is 0 Å². The van der Waals surface area contributed by atoms with Crippen molar-refractivity contribution in [1.82, 2.24) is 5.43 Å². The smallest absolute Gasteiger partial charge is 0.190 e. The highest BCUT2D eigenvalue weighted by Gasteiger charge is 2.33. The molecule has 4 nitrogen and oxygen atoms in total. The number of nitrogens with zero attached hydrogens (tertiary/aromatic N) is 2. The van der Waals surface area contributed by atoms with Crippen LogP contribution < -0.4 is 10.3 Å². The molecule has 0 bridgehead atoms. The Balaban J connectivity index is 1.92. The number of hydrogen-bond donors (Lipinski definition) is 2. The quantitative estimate of drug-likeness (QED) is 0.355. The third kappa shape index (κ3) is 5.82. The van der Waals surface area contributed by atoms with Crippen molar-refractivity contribution >= 4 is 22.6 Å². The molecule has 2 unspecified atom stereocenters. The minimum absolute atomic E-state index is 0.169. The second-order valence-corrected chi connectivity index (χ2v) is 8.85. The van der Waals surface area contributed by atoms with Gasteiger partial charge in [0.05, 0.1) is 0 Å². The van der Waals surface area contributed by atoms with Crippen molar-refractivity contribution in [2.45, 2.75) is 45.5 Å². The summed E-state index contributed by atoms with van der Waals surface area (Å²) in [5, 5.41) is 15.7. The van der Waals surface area contributed by atoms with Crippen LogP contribution in [-0.4, -0.2) is 15.5 Å². The number of amidine groups is 1. The highest BCUT2D eigenvalue weighted by molar-refractivity contribution is 8.14. The molecule has 32 heavy (non-hydrogen) atoms. The van der Waals surface area contributed by atoms with E-state index in [9.17, 15) is 9.50 Å². The molecule has 2 N–H and O–H groups in total. The van der Waals surface area contributed by atoms with Crippen LogP contribution in [0.4, 0.5) is 10.1 Å². The molecule has 1 aliphatic heterocycles. The molecule has 1 heterocycles. The van der Waals surface area contributed by atoms with Crippen LogP contribution in [0.3, 0.4) is 0 Å². The topological polar surface area (TPSA) is 47.9 Å². The fourth-order valence-electron chi connectivity index (χ4n) is 3.34. The Bertz CT molecular complexity index is 1060. The zero-order valence-electron chi connectivity index (χ0n) is 18.9. The van der Waals surface area contributed by atoms with E-state index in [-0.39, 0.29) is 23.0 Å². The minimum Gasteiger partial charge on any atom is -0.508 e. The van der Waals surface area contributed by atoms with E-state index in [1.165, 1.54) is 23.3 Å². The number of thioether (sulfide) groups is 1. The van der Waals surface area contributed by atoms with Crippen LogP contribution in [0, 0.1) is 5.82 Å². The van der Waals surface area contributed by atoms with Crippen LogP contribution in [0.2, 0.25) is 0 Å². The van der Waals surface area contributed by atoms with Gasteiger partial charge in [-0.3, -0.25) is 10.3 Å². The summed E-state index contributed by atoms with van der Waals surface area (Å²) in [5.41, 5.74) is 7.18. The molecule has 3 rings (SSSR count). The Hall–Kier alpha value is -2.99. The molecular formula is C26H30FN3OS. The van der Waals surface area contributed by atoms with Crippen molar-refractivity contribution in [2.75, 3.05) is 4.90 Å². The van der Waals surface area contributed by atoms with Crippen LogP contribution in [0.15, 0.2) is 89.1 Å².